The van der Waals surface area contributed by atoms with Gasteiger partial charge in [0.25, 0.3) is 5.91 Å². The van der Waals surface area contributed by atoms with Crippen molar-refractivity contribution in [3.63, 3.8) is 0 Å². The van der Waals surface area contributed by atoms with E-state index in [1.54, 1.807) is 4.90 Å². The zero-order chi connectivity index (χ0) is 10.7. The molecule has 0 bridgehead atoms. The standard InChI is InChI=1S/C11H13NO3/c13-6-10-7-15-8-11(14)12(10)9-4-2-1-3-5-9/h1-5,10,13H,6-8H2/t10-/m1/s1. The van der Waals surface area contributed by atoms with Crippen molar-refractivity contribution in [2.24, 2.45) is 0 Å². The van der Waals surface area contributed by atoms with Crippen LogP contribution in [0.15, 0.2) is 30.3 Å². The summed E-state index contributed by atoms with van der Waals surface area (Å²) in [5.74, 6) is -0.105. The Kier molecular flexibility index (Phi) is 2.99. The van der Waals surface area contributed by atoms with Gasteiger partial charge in [-0.25, -0.2) is 0 Å². The molecule has 1 atom stereocenters. The third-order valence-electron chi connectivity index (χ3n) is 2.41. The van der Waals surface area contributed by atoms with Gasteiger partial charge in [-0.15, -0.1) is 0 Å². The molecule has 15 heavy (non-hydrogen) atoms. The molecule has 0 saturated carbocycles. The summed E-state index contributed by atoms with van der Waals surface area (Å²) < 4.78 is 5.09. The number of anilines is 1. The second kappa shape index (κ2) is 4.42. The van der Waals surface area contributed by atoms with E-state index in [4.69, 9.17) is 9.84 Å². The van der Waals surface area contributed by atoms with Crippen molar-refractivity contribution in [2.75, 3.05) is 24.7 Å². The van der Waals surface area contributed by atoms with Crippen LogP contribution in [-0.2, 0) is 9.53 Å². The maximum absolute atomic E-state index is 11.7. The summed E-state index contributed by atoms with van der Waals surface area (Å²) in [6.45, 7) is 0.392. The van der Waals surface area contributed by atoms with E-state index in [2.05, 4.69) is 0 Å². The summed E-state index contributed by atoms with van der Waals surface area (Å²) in [6.07, 6.45) is 0. The van der Waals surface area contributed by atoms with Crippen molar-refractivity contribution in [2.45, 2.75) is 6.04 Å². The highest BCUT2D eigenvalue weighted by atomic mass is 16.5. The number of amides is 1. The maximum atomic E-state index is 11.7. The molecule has 0 unspecified atom stereocenters. The lowest BCUT2D eigenvalue weighted by atomic mass is 10.2. The lowest BCUT2D eigenvalue weighted by molar-refractivity contribution is -0.128. The second-order valence-corrected chi connectivity index (χ2v) is 3.45. The molecule has 1 heterocycles. The lowest BCUT2D eigenvalue weighted by Gasteiger charge is -2.34. The fourth-order valence-electron chi connectivity index (χ4n) is 1.71. The van der Waals surface area contributed by atoms with E-state index < -0.39 is 0 Å². The number of aliphatic hydroxyl groups is 1. The van der Waals surface area contributed by atoms with E-state index in [1.807, 2.05) is 30.3 Å². The molecule has 1 fully saturated rings. The molecule has 4 heteroatoms. The van der Waals surface area contributed by atoms with Gasteiger partial charge in [-0.3, -0.25) is 4.79 Å². The van der Waals surface area contributed by atoms with Crippen LogP contribution in [0.5, 0.6) is 0 Å². The van der Waals surface area contributed by atoms with E-state index in [0.717, 1.165) is 5.69 Å². The van der Waals surface area contributed by atoms with E-state index in [9.17, 15) is 4.79 Å². The van der Waals surface area contributed by atoms with E-state index in [1.165, 1.54) is 0 Å². The molecule has 1 aromatic carbocycles. The first-order valence-electron chi connectivity index (χ1n) is 4.88. The molecule has 4 nitrogen and oxygen atoms in total. The number of para-hydroxylation sites is 1. The van der Waals surface area contributed by atoms with Gasteiger partial charge in [0.2, 0.25) is 0 Å². The van der Waals surface area contributed by atoms with E-state index in [-0.39, 0.29) is 25.2 Å². The molecule has 1 saturated heterocycles. The van der Waals surface area contributed by atoms with E-state index >= 15 is 0 Å². The summed E-state index contributed by atoms with van der Waals surface area (Å²) in [5.41, 5.74) is 0.810. The maximum Gasteiger partial charge on any atom is 0.253 e. The van der Waals surface area contributed by atoms with Crippen molar-refractivity contribution in [1.29, 1.82) is 0 Å². The predicted octanol–water partition coefficient (Wildman–Crippen LogP) is 0.411. The summed E-state index contributed by atoms with van der Waals surface area (Å²) in [5, 5.41) is 9.17. The molecule has 0 aromatic heterocycles. The molecule has 1 aromatic rings. The third kappa shape index (κ3) is 2.00. The number of morpholine rings is 1. The van der Waals surface area contributed by atoms with Gasteiger partial charge in [-0.2, -0.15) is 0 Å². The number of carbonyl (C=O) groups is 1. The van der Waals surface area contributed by atoms with Gasteiger partial charge in [0, 0.05) is 5.69 Å². The molecule has 0 spiro atoms. The molecule has 1 aliphatic rings. The highest BCUT2D eigenvalue weighted by molar-refractivity contribution is 5.95. The number of hydrogen-bond donors (Lipinski definition) is 1. The third-order valence-corrected chi connectivity index (χ3v) is 2.41. The normalized spacial score (nSPS) is 21.8. The average molecular weight is 207 g/mol. The summed E-state index contributed by atoms with van der Waals surface area (Å²) in [7, 11) is 0. The van der Waals surface area contributed by atoms with Crippen LogP contribution in [0.1, 0.15) is 0 Å². The Morgan fingerprint density at radius 1 is 1.40 bits per heavy atom. The van der Waals surface area contributed by atoms with Crippen molar-refractivity contribution in [3.05, 3.63) is 30.3 Å². The van der Waals surface area contributed by atoms with Crippen molar-refractivity contribution in [1.82, 2.24) is 0 Å². The number of nitrogens with zero attached hydrogens (tertiary/aromatic N) is 1. The summed E-state index contributed by atoms with van der Waals surface area (Å²) in [6, 6.07) is 9.06. The first-order chi connectivity index (χ1) is 7.33. The SMILES string of the molecule is O=C1COC[C@@H](CO)N1c1ccccc1. The van der Waals surface area contributed by atoms with Crippen LogP contribution in [0, 0.1) is 0 Å². The van der Waals surface area contributed by atoms with Crippen molar-refractivity contribution >= 4 is 11.6 Å². The van der Waals surface area contributed by atoms with Crippen LogP contribution in [0.4, 0.5) is 5.69 Å². The topological polar surface area (TPSA) is 49.8 Å². The van der Waals surface area contributed by atoms with Crippen molar-refractivity contribution in [3.8, 4) is 0 Å². The Balaban J connectivity index is 2.27. The van der Waals surface area contributed by atoms with Crippen LogP contribution < -0.4 is 4.90 Å². The Morgan fingerprint density at radius 2 is 2.13 bits per heavy atom. The Labute approximate surface area is 88.1 Å². The monoisotopic (exact) mass is 207 g/mol. The summed E-state index contributed by atoms with van der Waals surface area (Å²) >= 11 is 0. The largest absolute Gasteiger partial charge is 0.394 e. The Hall–Kier alpha value is -1.39. The number of rotatable bonds is 2. The molecular weight excluding hydrogens is 194 g/mol. The minimum Gasteiger partial charge on any atom is -0.394 e. The van der Waals surface area contributed by atoms with Crippen LogP contribution in [0.3, 0.4) is 0 Å². The molecule has 0 radical (unpaired) electrons. The van der Waals surface area contributed by atoms with E-state index in [0.29, 0.717) is 6.61 Å². The number of ether oxygens (including phenoxy) is 1. The molecule has 2 rings (SSSR count). The summed E-state index contributed by atoms with van der Waals surface area (Å²) in [4.78, 5) is 13.3. The van der Waals surface area contributed by atoms with Gasteiger partial charge in [0.05, 0.1) is 19.3 Å². The first kappa shape index (κ1) is 10.1. The number of benzene rings is 1. The zero-order valence-corrected chi connectivity index (χ0v) is 8.30. The Morgan fingerprint density at radius 3 is 2.80 bits per heavy atom. The average Bonchev–Trinajstić information content (AvgIpc) is 2.29. The quantitative estimate of drug-likeness (QED) is 0.764. The molecule has 1 N–H and O–H groups in total. The van der Waals surface area contributed by atoms with Crippen LogP contribution >= 0.6 is 0 Å². The number of carbonyl (C=O) groups excluding carboxylic acids is 1. The lowest BCUT2D eigenvalue weighted by Crippen LogP contribution is -2.51. The second-order valence-electron chi connectivity index (χ2n) is 3.45. The van der Waals surface area contributed by atoms with Gasteiger partial charge < -0.3 is 14.7 Å². The fourth-order valence-corrected chi connectivity index (χ4v) is 1.71. The van der Waals surface area contributed by atoms with Gasteiger partial charge in [-0.1, -0.05) is 18.2 Å². The first-order valence-corrected chi connectivity index (χ1v) is 4.88. The Bertz CT molecular complexity index is 339. The highest BCUT2D eigenvalue weighted by Gasteiger charge is 2.29. The smallest absolute Gasteiger partial charge is 0.253 e. The van der Waals surface area contributed by atoms with Crippen LogP contribution in [-0.4, -0.2) is 36.9 Å². The molecule has 80 valence electrons. The minimum atomic E-state index is -0.270. The van der Waals surface area contributed by atoms with Crippen LogP contribution in [0.25, 0.3) is 0 Å². The van der Waals surface area contributed by atoms with Gasteiger partial charge in [0.15, 0.2) is 0 Å². The fraction of sp³-hybridized carbons (Fsp3) is 0.364. The predicted molar refractivity (Wildman–Crippen MR) is 55.6 cm³/mol. The number of aliphatic hydroxyl groups excluding tert-OH is 1. The van der Waals surface area contributed by atoms with Gasteiger partial charge in [-0.05, 0) is 12.1 Å². The van der Waals surface area contributed by atoms with Gasteiger partial charge >= 0.3 is 0 Å². The van der Waals surface area contributed by atoms with Crippen LogP contribution in [0.2, 0.25) is 0 Å². The number of hydrogen-bond acceptors (Lipinski definition) is 3. The molecular formula is C11H13NO3. The minimum absolute atomic E-state index is 0.0827. The van der Waals surface area contributed by atoms with Crippen molar-refractivity contribution < 1.29 is 14.6 Å². The molecule has 1 amide bonds. The molecule has 1 aliphatic heterocycles. The van der Waals surface area contributed by atoms with Gasteiger partial charge in [0.1, 0.15) is 6.61 Å². The zero-order valence-electron chi connectivity index (χ0n) is 8.30. The molecule has 0 aliphatic carbocycles. The highest BCUT2D eigenvalue weighted by Crippen LogP contribution is 2.19.